The molecule has 0 saturated heterocycles. The highest BCUT2D eigenvalue weighted by atomic mass is 16.2. The van der Waals surface area contributed by atoms with Crippen LogP contribution in [0, 0.1) is 0 Å². The van der Waals surface area contributed by atoms with Gasteiger partial charge < -0.3 is 10.6 Å². The van der Waals surface area contributed by atoms with E-state index in [9.17, 15) is 9.59 Å². The highest BCUT2D eigenvalue weighted by molar-refractivity contribution is 5.96. The molecule has 2 atom stereocenters. The summed E-state index contributed by atoms with van der Waals surface area (Å²) in [6.07, 6.45) is 0. The minimum absolute atomic E-state index is 0.0804. The van der Waals surface area contributed by atoms with Crippen molar-refractivity contribution >= 4 is 11.9 Å². The summed E-state index contributed by atoms with van der Waals surface area (Å²) in [4.78, 5) is 23.9. The molecule has 0 radical (unpaired) electrons. The predicted octanol–water partition coefficient (Wildman–Crippen LogP) is 1.51. The summed E-state index contributed by atoms with van der Waals surface area (Å²) in [5.41, 5.74) is 1.98. The van der Waals surface area contributed by atoms with Gasteiger partial charge in [-0.3, -0.25) is 10.1 Å². The molecular formula is C18H22N3O2+. The van der Waals surface area contributed by atoms with E-state index in [-0.39, 0.29) is 11.9 Å². The Labute approximate surface area is 136 Å². The summed E-state index contributed by atoms with van der Waals surface area (Å²) < 4.78 is 0. The molecule has 0 spiro atoms. The number of amides is 3. The largest absolute Gasteiger partial charge is 0.341 e. The highest BCUT2D eigenvalue weighted by Crippen LogP contribution is 2.13. The molecule has 2 aromatic carbocycles. The third-order valence-corrected chi connectivity index (χ3v) is 3.71. The van der Waals surface area contributed by atoms with E-state index in [4.69, 9.17) is 0 Å². The van der Waals surface area contributed by atoms with E-state index in [0.717, 1.165) is 11.1 Å². The molecule has 2 rings (SSSR count). The number of imide groups is 1. The van der Waals surface area contributed by atoms with Crippen LogP contribution in [0.25, 0.3) is 0 Å². The molecule has 2 aromatic rings. The number of nitrogens with one attached hydrogen (secondary N) is 2. The second-order valence-corrected chi connectivity index (χ2v) is 5.35. The van der Waals surface area contributed by atoms with Gasteiger partial charge in [-0.2, -0.15) is 0 Å². The molecule has 0 heterocycles. The number of carbonyl (C=O) groups excluding carboxylic acids is 2. The van der Waals surface area contributed by atoms with Crippen molar-refractivity contribution in [3.05, 3.63) is 71.8 Å². The molecule has 0 aliphatic carbocycles. The van der Waals surface area contributed by atoms with Crippen molar-refractivity contribution in [2.45, 2.75) is 19.0 Å². The Hall–Kier alpha value is -2.66. The molecule has 0 aliphatic heterocycles. The molecule has 120 valence electrons. The predicted molar refractivity (Wildman–Crippen MR) is 88.6 cm³/mol. The van der Waals surface area contributed by atoms with Gasteiger partial charge in [-0.05, 0) is 6.92 Å². The number of rotatable bonds is 5. The lowest BCUT2D eigenvalue weighted by atomic mass is 10.0. The summed E-state index contributed by atoms with van der Waals surface area (Å²) in [5.74, 6) is -0.335. The molecule has 0 bridgehead atoms. The van der Waals surface area contributed by atoms with Crippen molar-refractivity contribution in [1.82, 2.24) is 10.6 Å². The number of hydrogen-bond donors (Lipinski definition) is 3. The summed E-state index contributed by atoms with van der Waals surface area (Å²) >= 11 is 0. The van der Waals surface area contributed by atoms with E-state index in [0.29, 0.717) is 0 Å². The molecule has 23 heavy (non-hydrogen) atoms. The molecule has 3 amide bonds. The van der Waals surface area contributed by atoms with Crippen LogP contribution in [0.2, 0.25) is 0 Å². The van der Waals surface area contributed by atoms with Crippen molar-refractivity contribution in [2.24, 2.45) is 0 Å². The fourth-order valence-electron chi connectivity index (χ4n) is 2.42. The Bertz CT molecular complexity index is 644. The van der Waals surface area contributed by atoms with Gasteiger partial charge in [-0.1, -0.05) is 60.7 Å². The van der Waals surface area contributed by atoms with Gasteiger partial charge in [0, 0.05) is 18.2 Å². The lowest BCUT2D eigenvalue weighted by molar-refractivity contribution is -0.719. The lowest BCUT2D eigenvalue weighted by Crippen LogP contribution is -2.88. The first-order valence-corrected chi connectivity index (χ1v) is 7.59. The SMILES string of the molecule is CNC(=O)NC(=O)[C@H]([NH2+][C@@H](C)c1ccccc1)c1ccccc1. The van der Waals surface area contributed by atoms with Gasteiger partial charge in [0.1, 0.15) is 6.04 Å². The summed E-state index contributed by atoms with van der Waals surface area (Å²) in [6, 6.07) is 18.5. The van der Waals surface area contributed by atoms with E-state index >= 15 is 0 Å². The summed E-state index contributed by atoms with van der Waals surface area (Å²) in [7, 11) is 1.48. The third kappa shape index (κ3) is 4.66. The van der Waals surface area contributed by atoms with Gasteiger partial charge in [-0.15, -0.1) is 0 Å². The van der Waals surface area contributed by atoms with Crippen LogP contribution < -0.4 is 16.0 Å². The van der Waals surface area contributed by atoms with Gasteiger partial charge in [0.25, 0.3) is 5.91 Å². The van der Waals surface area contributed by atoms with Crippen LogP contribution in [0.3, 0.4) is 0 Å². The van der Waals surface area contributed by atoms with Crippen LogP contribution in [0.5, 0.6) is 0 Å². The first-order valence-electron chi connectivity index (χ1n) is 7.59. The molecule has 5 nitrogen and oxygen atoms in total. The first kappa shape index (κ1) is 16.7. The van der Waals surface area contributed by atoms with E-state index in [1.54, 1.807) is 0 Å². The minimum Gasteiger partial charge on any atom is -0.341 e. The Morgan fingerprint density at radius 3 is 1.96 bits per heavy atom. The molecule has 0 unspecified atom stereocenters. The van der Waals surface area contributed by atoms with Crippen LogP contribution in [0.15, 0.2) is 60.7 Å². The van der Waals surface area contributed by atoms with Crippen molar-refractivity contribution in [2.75, 3.05) is 7.05 Å². The van der Waals surface area contributed by atoms with Gasteiger partial charge in [0.2, 0.25) is 0 Å². The maximum Gasteiger partial charge on any atom is 0.321 e. The van der Waals surface area contributed by atoms with Crippen molar-refractivity contribution in [1.29, 1.82) is 0 Å². The van der Waals surface area contributed by atoms with Gasteiger partial charge in [0.05, 0.1) is 0 Å². The van der Waals surface area contributed by atoms with Crippen molar-refractivity contribution < 1.29 is 14.9 Å². The minimum atomic E-state index is -0.503. The van der Waals surface area contributed by atoms with E-state index in [1.807, 2.05) is 72.9 Å². The monoisotopic (exact) mass is 312 g/mol. The standard InChI is InChI=1S/C18H21N3O2/c1-13(14-9-5-3-6-10-14)20-16(15-11-7-4-8-12-15)17(22)21-18(23)19-2/h3-13,16,20H,1-2H3,(H2,19,21,22,23)/p+1/t13-,16+/m0/s1. The summed E-state index contributed by atoms with van der Waals surface area (Å²) in [5, 5.41) is 6.73. The zero-order valence-electron chi connectivity index (χ0n) is 13.3. The Kier molecular flexibility index (Phi) is 5.88. The maximum atomic E-state index is 12.5. The number of urea groups is 1. The molecule has 0 fully saturated rings. The number of hydrogen-bond acceptors (Lipinski definition) is 2. The van der Waals surface area contributed by atoms with E-state index in [1.165, 1.54) is 7.05 Å². The molecule has 0 aromatic heterocycles. The normalized spacial score (nSPS) is 13.0. The topological polar surface area (TPSA) is 74.8 Å². The Balaban J connectivity index is 2.20. The highest BCUT2D eigenvalue weighted by Gasteiger charge is 2.27. The van der Waals surface area contributed by atoms with Crippen LogP contribution >= 0.6 is 0 Å². The van der Waals surface area contributed by atoms with Crippen molar-refractivity contribution in [3.63, 3.8) is 0 Å². The fraction of sp³-hybridized carbons (Fsp3) is 0.222. The Morgan fingerprint density at radius 2 is 1.43 bits per heavy atom. The van der Waals surface area contributed by atoms with Crippen LogP contribution in [-0.4, -0.2) is 19.0 Å². The lowest BCUT2D eigenvalue weighted by Gasteiger charge is -2.20. The van der Waals surface area contributed by atoms with E-state index in [2.05, 4.69) is 10.6 Å². The molecule has 4 N–H and O–H groups in total. The quantitative estimate of drug-likeness (QED) is 0.783. The number of quaternary nitrogens is 1. The number of carbonyl (C=O) groups is 2. The first-order chi connectivity index (χ1) is 11.1. The second-order valence-electron chi connectivity index (χ2n) is 5.35. The van der Waals surface area contributed by atoms with Crippen molar-refractivity contribution in [3.8, 4) is 0 Å². The zero-order chi connectivity index (χ0) is 16.7. The average molecular weight is 312 g/mol. The van der Waals surface area contributed by atoms with Crippen LogP contribution in [0.4, 0.5) is 4.79 Å². The summed E-state index contributed by atoms with van der Waals surface area (Å²) in [6.45, 7) is 2.04. The van der Waals surface area contributed by atoms with Crippen LogP contribution in [-0.2, 0) is 4.79 Å². The molecule has 5 heteroatoms. The van der Waals surface area contributed by atoms with Crippen LogP contribution in [0.1, 0.15) is 30.1 Å². The maximum absolute atomic E-state index is 12.5. The third-order valence-electron chi connectivity index (χ3n) is 3.71. The molecular weight excluding hydrogens is 290 g/mol. The second kappa shape index (κ2) is 8.10. The molecule has 0 saturated carbocycles. The van der Waals surface area contributed by atoms with Gasteiger partial charge in [-0.25, -0.2) is 4.79 Å². The van der Waals surface area contributed by atoms with Gasteiger partial charge >= 0.3 is 6.03 Å². The number of benzene rings is 2. The zero-order valence-corrected chi connectivity index (χ0v) is 13.3. The average Bonchev–Trinajstić information content (AvgIpc) is 2.60. The molecule has 0 aliphatic rings. The fourth-order valence-corrected chi connectivity index (χ4v) is 2.42. The number of nitrogens with two attached hydrogens (primary N) is 1. The van der Waals surface area contributed by atoms with Gasteiger partial charge in [0.15, 0.2) is 6.04 Å². The smallest absolute Gasteiger partial charge is 0.321 e. The van der Waals surface area contributed by atoms with E-state index < -0.39 is 12.1 Å². The Morgan fingerprint density at radius 1 is 0.913 bits per heavy atom.